The molecule has 2 aromatic heterocycles. The molecular formula is C25H35N3O4. The molecule has 3 heterocycles. The van der Waals surface area contributed by atoms with E-state index in [2.05, 4.69) is 28.7 Å². The van der Waals surface area contributed by atoms with Crippen LogP contribution in [-0.2, 0) is 16.0 Å². The number of hydrogen-bond donors (Lipinski definition) is 1. The van der Waals surface area contributed by atoms with E-state index < -0.39 is 5.97 Å². The summed E-state index contributed by atoms with van der Waals surface area (Å²) in [6, 6.07) is 3.84. The van der Waals surface area contributed by atoms with Crippen LogP contribution in [0.5, 0.6) is 5.75 Å². The van der Waals surface area contributed by atoms with Crippen LogP contribution in [0.25, 0.3) is 11.3 Å². The Kier molecular flexibility index (Phi) is 8.07. The predicted molar refractivity (Wildman–Crippen MR) is 125 cm³/mol. The van der Waals surface area contributed by atoms with Crippen molar-refractivity contribution < 1.29 is 19.4 Å². The molecule has 1 fully saturated rings. The van der Waals surface area contributed by atoms with Crippen molar-refractivity contribution in [1.29, 1.82) is 0 Å². The Balaban J connectivity index is 1.88. The number of carbonyl (C=O) groups is 1. The summed E-state index contributed by atoms with van der Waals surface area (Å²) in [4.78, 5) is 23.1. The first kappa shape index (κ1) is 24.0. The summed E-state index contributed by atoms with van der Waals surface area (Å²) in [5, 5.41) is 9.55. The molecule has 0 saturated carbocycles. The minimum atomic E-state index is -0.851. The quantitative estimate of drug-likeness (QED) is 0.543. The lowest BCUT2D eigenvalue weighted by molar-refractivity contribution is -0.136. The number of ether oxygens (including phenoxy) is 2. The number of aryl methyl sites for hydroxylation is 1. The first-order valence-electron chi connectivity index (χ1n) is 11.3. The van der Waals surface area contributed by atoms with Crippen molar-refractivity contribution in [3.63, 3.8) is 0 Å². The monoisotopic (exact) mass is 441 g/mol. The van der Waals surface area contributed by atoms with E-state index in [-0.39, 0.29) is 6.42 Å². The fourth-order valence-corrected chi connectivity index (χ4v) is 4.04. The van der Waals surface area contributed by atoms with Crippen LogP contribution in [0.2, 0.25) is 0 Å². The highest BCUT2D eigenvalue weighted by Crippen LogP contribution is 2.39. The summed E-state index contributed by atoms with van der Waals surface area (Å²) < 4.78 is 10.8. The summed E-state index contributed by atoms with van der Waals surface area (Å²) in [7, 11) is 1.70. The van der Waals surface area contributed by atoms with Gasteiger partial charge in [0.05, 0.1) is 30.6 Å². The number of carboxylic acid groups (broad SMARTS) is 1. The summed E-state index contributed by atoms with van der Waals surface area (Å²) in [6.45, 7) is 9.59. The van der Waals surface area contributed by atoms with Gasteiger partial charge in [0.25, 0.3) is 0 Å². The fourth-order valence-electron chi connectivity index (χ4n) is 4.04. The van der Waals surface area contributed by atoms with E-state index in [0.29, 0.717) is 12.0 Å². The second-order valence-electron chi connectivity index (χ2n) is 9.23. The van der Waals surface area contributed by atoms with Gasteiger partial charge in [0.2, 0.25) is 0 Å². The number of pyridine rings is 2. The third-order valence-electron chi connectivity index (χ3n) is 6.15. The maximum absolute atomic E-state index is 11.6. The van der Waals surface area contributed by atoms with Gasteiger partial charge in [0, 0.05) is 49.8 Å². The average Bonchev–Trinajstić information content (AvgIpc) is 2.75. The van der Waals surface area contributed by atoms with Crippen molar-refractivity contribution in [2.75, 3.05) is 38.3 Å². The molecule has 32 heavy (non-hydrogen) atoms. The van der Waals surface area contributed by atoms with Crippen molar-refractivity contribution in [2.45, 2.75) is 52.9 Å². The Morgan fingerprint density at radius 1 is 1.12 bits per heavy atom. The Morgan fingerprint density at radius 3 is 2.47 bits per heavy atom. The molecule has 0 aromatic carbocycles. The Labute approximate surface area is 190 Å². The molecule has 174 valence electrons. The number of carboxylic acids is 1. The first-order valence-corrected chi connectivity index (χ1v) is 11.3. The van der Waals surface area contributed by atoms with E-state index >= 15 is 0 Å². The lowest BCUT2D eigenvalue weighted by Gasteiger charge is -2.40. The maximum atomic E-state index is 11.6. The van der Waals surface area contributed by atoms with Crippen LogP contribution in [-0.4, -0.2) is 54.5 Å². The lowest BCUT2D eigenvalue weighted by atomic mass is 9.82. The van der Waals surface area contributed by atoms with Crippen LogP contribution >= 0.6 is 0 Å². The van der Waals surface area contributed by atoms with Crippen molar-refractivity contribution in [2.24, 2.45) is 5.41 Å². The number of rotatable bonds is 10. The maximum Gasteiger partial charge on any atom is 0.307 e. The third kappa shape index (κ3) is 6.19. The highest BCUT2D eigenvalue weighted by molar-refractivity contribution is 5.83. The second kappa shape index (κ2) is 10.8. The molecule has 3 rings (SSSR count). The van der Waals surface area contributed by atoms with Crippen LogP contribution in [0.15, 0.2) is 24.5 Å². The minimum Gasteiger partial charge on any atom is -0.492 e. The Hall–Kier alpha value is -2.67. The Morgan fingerprint density at radius 2 is 1.84 bits per heavy atom. The van der Waals surface area contributed by atoms with Crippen molar-refractivity contribution >= 4 is 11.7 Å². The molecule has 7 heteroatoms. The molecule has 0 radical (unpaired) electrons. The van der Waals surface area contributed by atoms with E-state index in [1.807, 2.05) is 25.3 Å². The summed E-state index contributed by atoms with van der Waals surface area (Å²) in [5.41, 5.74) is 4.43. The number of methoxy groups -OCH3 is 1. The summed E-state index contributed by atoms with van der Waals surface area (Å²) in [6.07, 6.45) is 7.50. The largest absolute Gasteiger partial charge is 0.492 e. The zero-order chi connectivity index (χ0) is 23.1. The number of unbranched alkanes of at least 4 members (excludes halogenated alkanes) is 1. The van der Waals surface area contributed by atoms with Gasteiger partial charge in [-0.3, -0.25) is 14.8 Å². The predicted octanol–water partition coefficient (Wildman–Crippen LogP) is 4.51. The van der Waals surface area contributed by atoms with Gasteiger partial charge in [-0.05, 0) is 50.2 Å². The number of nitrogens with zero attached hydrogens (tertiary/aromatic N) is 3. The SMILES string of the molecule is COCCCCOc1ccc(-c2cnc(C)c(CC(=O)O)c2N2CCC(C)(C)CC2)nc1. The first-order chi connectivity index (χ1) is 15.3. The van der Waals surface area contributed by atoms with Crippen molar-refractivity contribution in [3.05, 3.63) is 35.8 Å². The van der Waals surface area contributed by atoms with Gasteiger partial charge in [0.15, 0.2) is 0 Å². The topological polar surface area (TPSA) is 84.8 Å². The molecule has 0 spiro atoms. The number of anilines is 1. The van der Waals surface area contributed by atoms with Gasteiger partial charge in [-0.1, -0.05) is 13.8 Å². The summed E-state index contributed by atoms with van der Waals surface area (Å²) >= 11 is 0. The molecule has 1 aliphatic rings. The molecule has 0 atom stereocenters. The van der Waals surface area contributed by atoms with Crippen LogP contribution in [0.1, 0.15) is 50.8 Å². The van der Waals surface area contributed by atoms with E-state index in [0.717, 1.165) is 79.3 Å². The molecule has 0 bridgehead atoms. The third-order valence-corrected chi connectivity index (χ3v) is 6.15. The van der Waals surface area contributed by atoms with E-state index in [9.17, 15) is 9.90 Å². The number of aliphatic carboxylic acids is 1. The van der Waals surface area contributed by atoms with Gasteiger partial charge in [-0.25, -0.2) is 0 Å². The van der Waals surface area contributed by atoms with Crippen molar-refractivity contribution in [3.8, 4) is 17.0 Å². The molecular weight excluding hydrogens is 406 g/mol. The normalized spacial score (nSPS) is 15.6. The molecule has 1 aliphatic heterocycles. The van der Waals surface area contributed by atoms with Gasteiger partial charge in [0.1, 0.15) is 5.75 Å². The van der Waals surface area contributed by atoms with E-state index in [4.69, 9.17) is 9.47 Å². The smallest absolute Gasteiger partial charge is 0.307 e. The molecule has 7 nitrogen and oxygen atoms in total. The number of aromatic nitrogens is 2. The van der Waals surface area contributed by atoms with E-state index in [1.165, 1.54) is 0 Å². The standard InChI is InChI=1S/C25H35N3O4/c1-18-20(15-23(29)30)24(28-11-9-25(2,3)10-12-28)21(17-26-18)22-8-7-19(16-27-22)32-14-6-5-13-31-4/h7-8,16-17H,5-6,9-15H2,1-4H3,(H,29,30). The molecule has 0 amide bonds. The van der Waals surface area contributed by atoms with Crippen LogP contribution in [0.3, 0.4) is 0 Å². The lowest BCUT2D eigenvalue weighted by Crippen LogP contribution is -2.38. The zero-order valence-electron chi connectivity index (χ0n) is 19.7. The van der Waals surface area contributed by atoms with Gasteiger partial charge in [-0.2, -0.15) is 0 Å². The molecule has 0 aliphatic carbocycles. The zero-order valence-corrected chi connectivity index (χ0v) is 19.7. The minimum absolute atomic E-state index is 0.0510. The van der Waals surface area contributed by atoms with Crippen LogP contribution in [0, 0.1) is 12.3 Å². The number of hydrogen-bond acceptors (Lipinski definition) is 6. The molecule has 2 aromatic rings. The molecule has 0 unspecified atom stereocenters. The van der Waals surface area contributed by atoms with Gasteiger partial charge < -0.3 is 19.5 Å². The number of piperidine rings is 1. The second-order valence-corrected chi connectivity index (χ2v) is 9.23. The average molecular weight is 442 g/mol. The van der Waals surface area contributed by atoms with Crippen molar-refractivity contribution in [1.82, 2.24) is 9.97 Å². The Bertz CT molecular complexity index is 902. The van der Waals surface area contributed by atoms with Crippen LogP contribution in [0.4, 0.5) is 5.69 Å². The van der Waals surface area contributed by atoms with E-state index in [1.54, 1.807) is 13.3 Å². The summed E-state index contributed by atoms with van der Waals surface area (Å²) in [5.74, 6) is -0.130. The highest BCUT2D eigenvalue weighted by atomic mass is 16.5. The van der Waals surface area contributed by atoms with Gasteiger partial charge >= 0.3 is 5.97 Å². The fraction of sp³-hybridized carbons (Fsp3) is 0.560. The van der Waals surface area contributed by atoms with Gasteiger partial charge in [-0.15, -0.1) is 0 Å². The van der Waals surface area contributed by atoms with Crippen LogP contribution < -0.4 is 9.64 Å². The highest BCUT2D eigenvalue weighted by Gasteiger charge is 2.29. The molecule has 1 N–H and O–H groups in total. The molecule has 1 saturated heterocycles.